The van der Waals surface area contributed by atoms with E-state index >= 15 is 0 Å². The van der Waals surface area contributed by atoms with Gasteiger partial charge in [0.05, 0.1) is 16.4 Å². The summed E-state index contributed by atoms with van der Waals surface area (Å²) in [5.74, 6) is 1.42. The van der Waals surface area contributed by atoms with E-state index in [1.165, 1.54) is 0 Å². The third kappa shape index (κ3) is 3.15. The van der Waals surface area contributed by atoms with Crippen LogP contribution in [0.2, 0.25) is 0 Å². The molecule has 1 atom stereocenters. The number of carbonyl (C=O) groups excluding carboxylic acids is 1. The molecule has 1 aromatic rings. The first-order chi connectivity index (χ1) is 8.87. The van der Waals surface area contributed by atoms with Gasteiger partial charge in [-0.3, -0.25) is 4.79 Å². The summed E-state index contributed by atoms with van der Waals surface area (Å²) in [6, 6.07) is 3.53. The third-order valence-electron chi connectivity index (χ3n) is 3.65. The number of amides is 1. The van der Waals surface area contributed by atoms with Crippen LogP contribution in [0.4, 0.5) is 0 Å². The van der Waals surface area contributed by atoms with Gasteiger partial charge < -0.3 is 15.5 Å². The van der Waals surface area contributed by atoms with Crippen LogP contribution in [-0.4, -0.2) is 10.9 Å². The molecule has 5 heteroatoms. The summed E-state index contributed by atoms with van der Waals surface area (Å²) < 4.78 is 5.51. The number of thiocarbonyl (C=S) groups is 1. The van der Waals surface area contributed by atoms with E-state index in [0.717, 1.165) is 11.5 Å². The summed E-state index contributed by atoms with van der Waals surface area (Å²) in [5.41, 5.74) is 4.99. The Balaban J connectivity index is 2.86. The van der Waals surface area contributed by atoms with Crippen molar-refractivity contribution in [3.63, 3.8) is 0 Å². The molecule has 106 valence electrons. The first-order valence-electron chi connectivity index (χ1n) is 6.54. The van der Waals surface area contributed by atoms with Gasteiger partial charge in [0.2, 0.25) is 5.91 Å². The molecule has 0 bridgehead atoms. The molecule has 0 saturated carbocycles. The maximum Gasteiger partial charge on any atom is 0.233 e. The summed E-state index contributed by atoms with van der Waals surface area (Å²) in [6.45, 7) is 7.59. The molecule has 1 amide bonds. The lowest BCUT2D eigenvalue weighted by atomic mass is 9.81. The number of nitrogens with one attached hydrogen (secondary N) is 1. The molecule has 3 N–H and O–H groups in total. The molecule has 0 aliphatic heterocycles. The van der Waals surface area contributed by atoms with Crippen LogP contribution in [0.5, 0.6) is 0 Å². The molecule has 4 nitrogen and oxygen atoms in total. The summed E-state index contributed by atoms with van der Waals surface area (Å²) in [5, 5.41) is 2.93. The smallest absolute Gasteiger partial charge is 0.233 e. The summed E-state index contributed by atoms with van der Waals surface area (Å²) in [4.78, 5) is 12.7. The largest absolute Gasteiger partial charge is 0.464 e. The Labute approximate surface area is 119 Å². The maximum absolute atomic E-state index is 12.4. The van der Waals surface area contributed by atoms with Gasteiger partial charge in [0.15, 0.2) is 0 Å². The minimum absolute atomic E-state index is 0.133. The second-order valence-electron chi connectivity index (χ2n) is 4.80. The zero-order valence-corrected chi connectivity index (χ0v) is 12.8. The topological polar surface area (TPSA) is 68.3 Å². The first kappa shape index (κ1) is 15.7. The normalized spacial score (nSPS) is 13.1. The van der Waals surface area contributed by atoms with E-state index < -0.39 is 5.41 Å². The molecule has 0 aromatic carbocycles. The van der Waals surface area contributed by atoms with Crippen molar-refractivity contribution in [3.8, 4) is 0 Å². The molecule has 0 aliphatic carbocycles. The Kier molecular flexibility index (Phi) is 5.11. The molecule has 0 aliphatic rings. The number of nitrogens with two attached hydrogens (primary N) is 1. The highest BCUT2D eigenvalue weighted by molar-refractivity contribution is 7.80. The molecule has 0 spiro atoms. The van der Waals surface area contributed by atoms with Gasteiger partial charge in [0.25, 0.3) is 0 Å². The fraction of sp³-hybridized carbons (Fsp3) is 0.571. The highest BCUT2D eigenvalue weighted by Gasteiger charge is 2.38. The van der Waals surface area contributed by atoms with E-state index in [1.54, 1.807) is 0 Å². The minimum Gasteiger partial charge on any atom is -0.464 e. The standard InChI is InChI=1S/C14H22N2O2S/c1-5-14(6-2,12(15)19)13(17)16-10(4)11-8-7-9(3)18-11/h7-8,10H,5-6H2,1-4H3,(H2,15,19)(H,16,17). The monoisotopic (exact) mass is 282 g/mol. The molecule has 0 radical (unpaired) electrons. The molecule has 1 rings (SSSR count). The van der Waals surface area contributed by atoms with E-state index in [2.05, 4.69) is 5.32 Å². The lowest BCUT2D eigenvalue weighted by Crippen LogP contribution is -2.48. The number of hydrogen-bond donors (Lipinski definition) is 2. The van der Waals surface area contributed by atoms with Crippen molar-refractivity contribution < 1.29 is 9.21 Å². The van der Waals surface area contributed by atoms with Crippen molar-refractivity contribution in [2.45, 2.75) is 46.6 Å². The van der Waals surface area contributed by atoms with Gasteiger partial charge in [0, 0.05) is 0 Å². The predicted molar refractivity (Wildman–Crippen MR) is 79.8 cm³/mol. The second kappa shape index (κ2) is 6.19. The van der Waals surface area contributed by atoms with Gasteiger partial charge in [-0.2, -0.15) is 0 Å². The van der Waals surface area contributed by atoms with Crippen molar-refractivity contribution in [2.24, 2.45) is 11.1 Å². The highest BCUT2D eigenvalue weighted by Crippen LogP contribution is 2.28. The Morgan fingerprint density at radius 3 is 2.42 bits per heavy atom. The van der Waals surface area contributed by atoms with Gasteiger partial charge in [-0.05, 0) is 38.8 Å². The Morgan fingerprint density at radius 1 is 1.47 bits per heavy atom. The van der Waals surface area contributed by atoms with Crippen LogP contribution in [0.3, 0.4) is 0 Å². The third-order valence-corrected chi connectivity index (χ3v) is 4.04. The first-order valence-corrected chi connectivity index (χ1v) is 6.95. The lowest BCUT2D eigenvalue weighted by Gasteiger charge is -2.30. The highest BCUT2D eigenvalue weighted by atomic mass is 32.1. The van der Waals surface area contributed by atoms with Crippen molar-refractivity contribution in [3.05, 3.63) is 23.7 Å². The summed E-state index contributed by atoms with van der Waals surface area (Å²) in [6.07, 6.45) is 1.18. The number of carbonyl (C=O) groups is 1. The van der Waals surface area contributed by atoms with Gasteiger partial charge in [0.1, 0.15) is 11.5 Å². The predicted octanol–water partition coefficient (Wildman–Crippen LogP) is 2.86. The second-order valence-corrected chi connectivity index (χ2v) is 5.24. The molecule has 0 saturated heterocycles. The molecular formula is C14H22N2O2S. The molecular weight excluding hydrogens is 260 g/mol. The van der Waals surface area contributed by atoms with Gasteiger partial charge >= 0.3 is 0 Å². The van der Waals surface area contributed by atoms with Crippen molar-refractivity contribution in [2.75, 3.05) is 0 Å². The Bertz CT molecular complexity index is 464. The van der Waals surface area contributed by atoms with E-state index in [9.17, 15) is 4.79 Å². The Hall–Kier alpha value is -1.36. The SMILES string of the molecule is CCC(CC)(C(=O)NC(C)c1ccc(C)o1)C(N)=S. The van der Waals surface area contributed by atoms with E-state index in [4.69, 9.17) is 22.4 Å². The van der Waals surface area contributed by atoms with E-state index in [0.29, 0.717) is 12.8 Å². The van der Waals surface area contributed by atoms with Crippen LogP contribution in [0.15, 0.2) is 16.5 Å². The van der Waals surface area contributed by atoms with Crippen LogP contribution in [-0.2, 0) is 4.79 Å². The van der Waals surface area contributed by atoms with Gasteiger partial charge in [-0.1, -0.05) is 26.1 Å². The van der Waals surface area contributed by atoms with Gasteiger partial charge in [-0.15, -0.1) is 0 Å². The van der Waals surface area contributed by atoms with E-state index in [-0.39, 0.29) is 16.9 Å². The van der Waals surface area contributed by atoms with Crippen molar-refractivity contribution in [1.29, 1.82) is 0 Å². The average molecular weight is 282 g/mol. The molecule has 1 heterocycles. The van der Waals surface area contributed by atoms with E-state index in [1.807, 2.05) is 39.8 Å². The lowest BCUT2D eigenvalue weighted by molar-refractivity contribution is -0.128. The number of hydrogen-bond acceptors (Lipinski definition) is 3. The fourth-order valence-corrected chi connectivity index (χ4v) is 2.50. The number of aryl methyl sites for hydroxylation is 1. The average Bonchev–Trinajstić information content (AvgIpc) is 2.77. The maximum atomic E-state index is 12.4. The summed E-state index contributed by atoms with van der Waals surface area (Å²) >= 11 is 5.07. The molecule has 1 unspecified atom stereocenters. The molecule has 19 heavy (non-hydrogen) atoms. The molecule has 1 aromatic heterocycles. The Morgan fingerprint density at radius 2 is 2.05 bits per heavy atom. The fourth-order valence-electron chi connectivity index (χ4n) is 2.12. The van der Waals surface area contributed by atoms with Crippen LogP contribution < -0.4 is 11.1 Å². The number of rotatable bonds is 6. The van der Waals surface area contributed by atoms with Crippen LogP contribution >= 0.6 is 12.2 Å². The number of furan rings is 1. The molecule has 0 fully saturated rings. The van der Waals surface area contributed by atoms with Crippen LogP contribution in [0, 0.1) is 12.3 Å². The van der Waals surface area contributed by atoms with Crippen molar-refractivity contribution >= 4 is 23.1 Å². The van der Waals surface area contributed by atoms with Crippen molar-refractivity contribution in [1.82, 2.24) is 5.32 Å². The van der Waals surface area contributed by atoms with Crippen LogP contribution in [0.1, 0.15) is 51.2 Å². The zero-order chi connectivity index (χ0) is 14.6. The summed E-state index contributed by atoms with van der Waals surface area (Å²) in [7, 11) is 0. The quantitative estimate of drug-likeness (QED) is 0.787. The zero-order valence-electron chi connectivity index (χ0n) is 11.9. The minimum atomic E-state index is -0.773. The van der Waals surface area contributed by atoms with Gasteiger partial charge in [-0.25, -0.2) is 0 Å². The van der Waals surface area contributed by atoms with Crippen LogP contribution in [0.25, 0.3) is 0 Å².